The lowest BCUT2D eigenvalue weighted by Gasteiger charge is -2.20. The number of carbonyl (C=O) groups is 1. The van der Waals surface area contributed by atoms with Gasteiger partial charge in [0.05, 0.1) is 23.7 Å². The van der Waals surface area contributed by atoms with Gasteiger partial charge in [0.15, 0.2) is 5.76 Å². The molecule has 0 aliphatic carbocycles. The molecule has 2 aliphatic rings. The molecular formula is C19H22N4O4S. The van der Waals surface area contributed by atoms with Crippen molar-refractivity contribution >= 4 is 27.6 Å². The van der Waals surface area contributed by atoms with E-state index < -0.39 is 10.0 Å². The topological polar surface area (TPSA) is 109 Å². The van der Waals surface area contributed by atoms with Crippen LogP contribution in [0, 0.1) is 5.92 Å². The molecule has 1 aromatic heterocycles. The predicted octanol–water partition coefficient (Wildman–Crippen LogP) is 1.83. The highest BCUT2D eigenvalue weighted by Crippen LogP contribution is 2.33. The number of benzene rings is 1. The van der Waals surface area contributed by atoms with Gasteiger partial charge in [0.25, 0.3) is 15.9 Å². The van der Waals surface area contributed by atoms with Gasteiger partial charge in [-0.3, -0.25) is 4.79 Å². The first-order valence-electron chi connectivity index (χ1n) is 9.13. The van der Waals surface area contributed by atoms with Crippen molar-refractivity contribution in [1.29, 1.82) is 0 Å². The van der Waals surface area contributed by atoms with Gasteiger partial charge in [-0.2, -0.15) is 0 Å². The summed E-state index contributed by atoms with van der Waals surface area (Å²) in [6.07, 6.45) is 2.02. The molecule has 2 aliphatic heterocycles. The first kappa shape index (κ1) is 18.5. The van der Waals surface area contributed by atoms with E-state index in [9.17, 15) is 13.2 Å². The van der Waals surface area contributed by atoms with Crippen LogP contribution in [0.25, 0.3) is 0 Å². The molecule has 3 heterocycles. The number of sulfonamides is 1. The molecule has 148 valence electrons. The van der Waals surface area contributed by atoms with Crippen molar-refractivity contribution in [3.05, 3.63) is 47.9 Å². The molecule has 0 saturated carbocycles. The van der Waals surface area contributed by atoms with Crippen LogP contribution in [0.15, 0.2) is 50.9 Å². The molecule has 4 rings (SSSR count). The summed E-state index contributed by atoms with van der Waals surface area (Å²) in [4.78, 5) is 18.6. The molecule has 0 bridgehead atoms. The van der Waals surface area contributed by atoms with Gasteiger partial charge < -0.3 is 15.1 Å². The van der Waals surface area contributed by atoms with E-state index in [2.05, 4.69) is 4.99 Å². The van der Waals surface area contributed by atoms with Crippen molar-refractivity contribution in [3.63, 3.8) is 0 Å². The van der Waals surface area contributed by atoms with E-state index in [1.807, 2.05) is 13.8 Å². The molecular weight excluding hydrogens is 380 g/mol. The molecule has 28 heavy (non-hydrogen) atoms. The van der Waals surface area contributed by atoms with Crippen molar-refractivity contribution in [3.8, 4) is 0 Å². The SMILES string of the molecule is CC(C)C1CN(S(=O)(=O)c2ccc3c(c2)CCN3C(=O)c2ccco2)C(N)=N1. The maximum Gasteiger partial charge on any atom is 0.293 e. The summed E-state index contributed by atoms with van der Waals surface area (Å²) in [6, 6.07) is 7.92. The van der Waals surface area contributed by atoms with E-state index in [1.54, 1.807) is 29.2 Å². The lowest BCUT2D eigenvalue weighted by Crippen LogP contribution is -2.40. The summed E-state index contributed by atoms with van der Waals surface area (Å²) in [5.74, 6) is 0.231. The first-order chi connectivity index (χ1) is 13.3. The van der Waals surface area contributed by atoms with Crippen LogP contribution in [-0.4, -0.2) is 43.7 Å². The summed E-state index contributed by atoms with van der Waals surface area (Å²) < 4.78 is 32.5. The number of anilines is 1. The third-order valence-electron chi connectivity index (χ3n) is 5.19. The molecule has 1 amide bonds. The Hall–Kier alpha value is -2.81. The monoisotopic (exact) mass is 402 g/mol. The van der Waals surface area contributed by atoms with E-state index in [0.717, 1.165) is 5.56 Å². The number of hydrogen-bond acceptors (Lipinski definition) is 6. The van der Waals surface area contributed by atoms with Crippen LogP contribution in [0.2, 0.25) is 0 Å². The first-order valence-corrected chi connectivity index (χ1v) is 10.6. The maximum atomic E-state index is 13.1. The minimum Gasteiger partial charge on any atom is -0.459 e. The zero-order chi connectivity index (χ0) is 20.1. The lowest BCUT2D eigenvalue weighted by atomic mass is 10.1. The van der Waals surface area contributed by atoms with Crippen molar-refractivity contribution in [2.24, 2.45) is 16.6 Å². The van der Waals surface area contributed by atoms with Crippen molar-refractivity contribution < 1.29 is 17.6 Å². The average molecular weight is 402 g/mol. The van der Waals surface area contributed by atoms with Gasteiger partial charge in [0.1, 0.15) is 0 Å². The van der Waals surface area contributed by atoms with Crippen molar-refractivity contribution in [1.82, 2.24) is 4.31 Å². The quantitative estimate of drug-likeness (QED) is 0.839. The predicted molar refractivity (Wildman–Crippen MR) is 105 cm³/mol. The van der Waals surface area contributed by atoms with Crippen LogP contribution in [0.3, 0.4) is 0 Å². The molecule has 1 atom stereocenters. The van der Waals surface area contributed by atoms with Gasteiger partial charge in [-0.15, -0.1) is 0 Å². The highest BCUT2D eigenvalue weighted by Gasteiger charge is 2.36. The summed E-state index contributed by atoms with van der Waals surface area (Å²) in [5, 5.41) is 0. The summed E-state index contributed by atoms with van der Waals surface area (Å²) in [6.45, 7) is 4.68. The van der Waals surface area contributed by atoms with Crippen LogP contribution in [-0.2, 0) is 16.4 Å². The highest BCUT2D eigenvalue weighted by molar-refractivity contribution is 7.89. The number of fused-ring (bicyclic) bond motifs is 1. The second kappa shape index (κ2) is 6.66. The number of furan rings is 1. The Morgan fingerprint density at radius 2 is 2.11 bits per heavy atom. The van der Waals surface area contributed by atoms with Gasteiger partial charge in [-0.1, -0.05) is 13.8 Å². The third-order valence-corrected chi connectivity index (χ3v) is 6.95. The number of rotatable bonds is 4. The molecule has 9 heteroatoms. The normalized spacial score (nSPS) is 19.2. The van der Waals surface area contributed by atoms with Crippen LogP contribution in [0.5, 0.6) is 0 Å². The largest absolute Gasteiger partial charge is 0.459 e. The Morgan fingerprint density at radius 1 is 1.32 bits per heavy atom. The maximum absolute atomic E-state index is 13.1. The van der Waals surface area contributed by atoms with E-state index >= 15 is 0 Å². The van der Waals surface area contributed by atoms with E-state index in [4.69, 9.17) is 10.2 Å². The number of carbonyl (C=O) groups excluding carboxylic acids is 1. The zero-order valence-electron chi connectivity index (χ0n) is 15.7. The molecule has 2 N–H and O–H groups in total. The molecule has 0 spiro atoms. The average Bonchev–Trinajstić information content (AvgIpc) is 3.39. The minimum absolute atomic E-state index is 0.0221. The Labute approximate surface area is 163 Å². The number of guanidine groups is 1. The molecule has 0 saturated heterocycles. The van der Waals surface area contributed by atoms with Crippen LogP contribution < -0.4 is 10.6 Å². The fourth-order valence-electron chi connectivity index (χ4n) is 3.53. The second-order valence-electron chi connectivity index (χ2n) is 7.31. The van der Waals surface area contributed by atoms with Crippen molar-refractivity contribution in [2.45, 2.75) is 31.2 Å². The van der Waals surface area contributed by atoms with Crippen molar-refractivity contribution in [2.75, 3.05) is 18.0 Å². The van der Waals surface area contributed by atoms with Gasteiger partial charge in [0, 0.05) is 12.2 Å². The lowest BCUT2D eigenvalue weighted by molar-refractivity contribution is 0.0963. The summed E-state index contributed by atoms with van der Waals surface area (Å²) in [5.41, 5.74) is 7.39. The fraction of sp³-hybridized carbons (Fsp3) is 0.368. The number of hydrogen-bond donors (Lipinski definition) is 1. The Morgan fingerprint density at radius 3 is 2.75 bits per heavy atom. The van der Waals surface area contributed by atoms with Gasteiger partial charge in [0.2, 0.25) is 5.96 Å². The number of nitrogens with two attached hydrogens (primary N) is 1. The van der Waals surface area contributed by atoms with Crippen LogP contribution >= 0.6 is 0 Å². The number of aliphatic imine (C=N–C) groups is 1. The molecule has 2 aromatic rings. The van der Waals surface area contributed by atoms with Crippen LogP contribution in [0.1, 0.15) is 30.0 Å². The third kappa shape index (κ3) is 2.95. The standard InChI is InChI=1S/C19H22N4O4S/c1-12(2)15-11-23(19(20)21-15)28(25,26)14-5-6-16-13(10-14)7-8-22(16)18(24)17-4-3-9-27-17/h3-6,9-10,12,15H,7-8,11H2,1-2H3,(H2,20,21). The number of nitrogens with zero attached hydrogens (tertiary/aromatic N) is 3. The minimum atomic E-state index is -3.80. The van der Waals surface area contributed by atoms with Crippen LogP contribution in [0.4, 0.5) is 5.69 Å². The van der Waals surface area contributed by atoms with E-state index in [0.29, 0.717) is 18.7 Å². The van der Waals surface area contributed by atoms with Gasteiger partial charge >= 0.3 is 0 Å². The Balaban J connectivity index is 1.62. The van der Waals surface area contributed by atoms with E-state index in [1.165, 1.54) is 16.6 Å². The summed E-state index contributed by atoms with van der Waals surface area (Å²) in [7, 11) is -3.80. The van der Waals surface area contributed by atoms with Gasteiger partial charge in [-0.05, 0) is 48.2 Å². The fourth-order valence-corrected chi connectivity index (χ4v) is 4.96. The highest BCUT2D eigenvalue weighted by atomic mass is 32.2. The molecule has 0 fully saturated rings. The van der Waals surface area contributed by atoms with E-state index in [-0.39, 0.29) is 41.0 Å². The smallest absolute Gasteiger partial charge is 0.293 e. The Kier molecular flexibility index (Phi) is 4.41. The zero-order valence-corrected chi connectivity index (χ0v) is 16.5. The molecule has 1 unspecified atom stereocenters. The molecule has 0 radical (unpaired) electrons. The summed E-state index contributed by atoms with van der Waals surface area (Å²) >= 11 is 0. The molecule has 8 nitrogen and oxygen atoms in total. The number of amides is 1. The molecule has 1 aromatic carbocycles. The Bertz CT molecular complexity index is 1040. The second-order valence-corrected chi connectivity index (χ2v) is 9.17. The van der Waals surface area contributed by atoms with Gasteiger partial charge in [-0.25, -0.2) is 17.7 Å².